The first-order valence-electron chi connectivity index (χ1n) is 7.26. The number of aliphatic hydroxyl groups excluding tert-OH is 1. The molecule has 0 spiro atoms. The predicted molar refractivity (Wildman–Crippen MR) is 76.6 cm³/mol. The summed E-state index contributed by atoms with van der Waals surface area (Å²) in [5.74, 6) is -0.580. The molecule has 1 heterocycles. The molecule has 0 radical (unpaired) electrons. The Bertz CT molecular complexity index is 510. The van der Waals surface area contributed by atoms with Crippen LogP contribution >= 0.6 is 0 Å². The number of morpholine rings is 1. The van der Waals surface area contributed by atoms with Gasteiger partial charge in [0, 0.05) is 13.1 Å². The fourth-order valence-corrected chi connectivity index (χ4v) is 2.41. The highest BCUT2D eigenvalue weighted by Crippen LogP contribution is 2.20. The molecule has 0 aliphatic carbocycles. The van der Waals surface area contributed by atoms with Gasteiger partial charge in [0.05, 0.1) is 25.9 Å². The lowest BCUT2D eigenvalue weighted by Gasteiger charge is -2.34. The van der Waals surface area contributed by atoms with Gasteiger partial charge in [-0.25, -0.2) is 0 Å². The zero-order chi connectivity index (χ0) is 16.9. The Morgan fingerprint density at radius 2 is 2.09 bits per heavy atom. The fraction of sp³-hybridized carbons (Fsp3) is 0.533. The molecule has 1 aliphatic heterocycles. The third-order valence-electron chi connectivity index (χ3n) is 3.58. The van der Waals surface area contributed by atoms with Gasteiger partial charge >= 0.3 is 6.18 Å². The van der Waals surface area contributed by atoms with Crippen molar-refractivity contribution < 1.29 is 27.8 Å². The molecule has 0 aromatic heterocycles. The van der Waals surface area contributed by atoms with Crippen molar-refractivity contribution in [3.05, 3.63) is 35.9 Å². The largest absolute Gasteiger partial charge is 0.401 e. The third-order valence-corrected chi connectivity index (χ3v) is 3.58. The molecule has 2 atom stereocenters. The Hall–Kier alpha value is -1.64. The second kappa shape index (κ2) is 7.76. The van der Waals surface area contributed by atoms with Crippen LogP contribution in [0.5, 0.6) is 0 Å². The Balaban J connectivity index is 1.90. The number of carbonyl (C=O) groups excluding carboxylic acids is 1. The van der Waals surface area contributed by atoms with Crippen LogP contribution in [-0.2, 0) is 9.53 Å². The van der Waals surface area contributed by atoms with E-state index in [1.54, 1.807) is 30.3 Å². The molecule has 2 rings (SSSR count). The molecule has 2 N–H and O–H groups in total. The first-order chi connectivity index (χ1) is 10.9. The van der Waals surface area contributed by atoms with Gasteiger partial charge in [-0.1, -0.05) is 30.3 Å². The molecule has 0 unspecified atom stereocenters. The van der Waals surface area contributed by atoms with Crippen LogP contribution in [0, 0.1) is 0 Å². The molecule has 128 valence electrons. The Kier molecular flexibility index (Phi) is 5.97. The SMILES string of the molecule is O=C(NC[C@H](O)c1ccccc1)[C@H]1COCCN1CC(F)(F)F. The molecule has 1 amide bonds. The van der Waals surface area contributed by atoms with Crippen molar-refractivity contribution in [2.75, 3.05) is 32.8 Å². The van der Waals surface area contributed by atoms with Gasteiger partial charge in [-0.05, 0) is 5.56 Å². The zero-order valence-electron chi connectivity index (χ0n) is 12.4. The van der Waals surface area contributed by atoms with Gasteiger partial charge in [-0.15, -0.1) is 0 Å². The maximum absolute atomic E-state index is 12.6. The first-order valence-corrected chi connectivity index (χ1v) is 7.26. The molecule has 1 aliphatic rings. The fourth-order valence-electron chi connectivity index (χ4n) is 2.41. The van der Waals surface area contributed by atoms with Crippen LogP contribution in [0.15, 0.2) is 30.3 Å². The maximum atomic E-state index is 12.6. The smallest absolute Gasteiger partial charge is 0.387 e. The molecule has 5 nitrogen and oxygen atoms in total. The highest BCUT2D eigenvalue weighted by atomic mass is 19.4. The number of nitrogens with one attached hydrogen (secondary N) is 1. The van der Waals surface area contributed by atoms with Gasteiger partial charge in [-0.3, -0.25) is 9.69 Å². The van der Waals surface area contributed by atoms with E-state index in [1.807, 2.05) is 0 Å². The quantitative estimate of drug-likeness (QED) is 0.848. The number of benzene rings is 1. The van der Waals surface area contributed by atoms with Crippen LogP contribution in [0.4, 0.5) is 13.2 Å². The van der Waals surface area contributed by atoms with E-state index >= 15 is 0 Å². The summed E-state index contributed by atoms with van der Waals surface area (Å²) in [5, 5.41) is 12.5. The number of hydrogen-bond acceptors (Lipinski definition) is 4. The Morgan fingerprint density at radius 1 is 1.39 bits per heavy atom. The van der Waals surface area contributed by atoms with Crippen molar-refractivity contribution in [3.8, 4) is 0 Å². The second-order valence-electron chi connectivity index (χ2n) is 5.35. The molecule has 0 saturated carbocycles. The van der Waals surface area contributed by atoms with E-state index in [2.05, 4.69) is 5.32 Å². The minimum absolute atomic E-state index is 0.0405. The highest BCUT2D eigenvalue weighted by Gasteiger charge is 2.38. The number of alkyl halides is 3. The summed E-state index contributed by atoms with van der Waals surface area (Å²) in [4.78, 5) is 13.2. The minimum Gasteiger partial charge on any atom is -0.387 e. The number of rotatable bonds is 5. The van der Waals surface area contributed by atoms with Crippen LogP contribution in [0.2, 0.25) is 0 Å². The van der Waals surface area contributed by atoms with E-state index in [-0.39, 0.29) is 26.3 Å². The third kappa shape index (κ3) is 5.49. The van der Waals surface area contributed by atoms with Crippen LogP contribution in [0.1, 0.15) is 11.7 Å². The predicted octanol–water partition coefficient (Wildman–Crippen LogP) is 1.10. The zero-order valence-corrected chi connectivity index (χ0v) is 12.4. The summed E-state index contributed by atoms with van der Waals surface area (Å²) >= 11 is 0. The number of aliphatic hydroxyl groups is 1. The lowest BCUT2D eigenvalue weighted by Crippen LogP contribution is -2.56. The van der Waals surface area contributed by atoms with Crippen molar-refractivity contribution in [1.29, 1.82) is 0 Å². The normalized spacial score (nSPS) is 21.0. The van der Waals surface area contributed by atoms with Crippen LogP contribution < -0.4 is 5.32 Å². The lowest BCUT2D eigenvalue weighted by atomic mass is 10.1. The summed E-state index contributed by atoms with van der Waals surface area (Å²) in [6, 6.07) is 7.70. The van der Waals surface area contributed by atoms with Crippen molar-refractivity contribution >= 4 is 5.91 Å². The molecular weight excluding hydrogens is 313 g/mol. The average Bonchev–Trinajstić information content (AvgIpc) is 2.52. The van der Waals surface area contributed by atoms with Gasteiger partial charge in [-0.2, -0.15) is 13.2 Å². The summed E-state index contributed by atoms with van der Waals surface area (Å²) in [5.41, 5.74) is 0.625. The van der Waals surface area contributed by atoms with E-state index in [1.165, 1.54) is 0 Å². The topological polar surface area (TPSA) is 61.8 Å². The molecule has 1 aromatic carbocycles. The molecule has 8 heteroatoms. The average molecular weight is 332 g/mol. The lowest BCUT2D eigenvalue weighted by molar-refractivity contribution is -0.166. The summed E-state index contributed by atoms with van der Waals surface area (Å²) in [6.07, 6.45) is -5.29. The van der Waals surface area contributed by atoms with Crippen molar-refractivity contribution in [3.63, 3.8) is 0 Å². The number of halogens is 3. The van der Waals surface area contributed by atoms with Gasteiger partial charge in [0.2, 0.25) is 5.91 Å². The summed E-state index contributed by atoms with van der Waals surface area (Å²) in [7, 11) is 0. The van der Waals surface area contributed by atoms with Crippen LogP contribution in [-0.4, -0.2) is 61.0 Å². The number of ether oxygens (including phenoxy) is 1. The molecule has 1 saturated heterocycles. The summed E-state index contributed by atoms with van der Waals surface area (Å²) in [6.45, 7) is -1.12. The molecule has 1 aromatic rings. The monoisotopic (exact) mass is 332 g/mol. The van der Waals surface area contributed by atoms with Gasteiger partial charge in [0.1, 0.15) is 6.04 Å². The van der Waals surface area contributed by atoms with E-state index in [0.717, 1.165) is 4.90 Å². The molecule has 0 bridgehead atoms. The van der Waals surface area contributed by atoms with Gasteiger partial charge < -0.3 is 15.2 Å². The van der Waals surface area contributed by atoms with E-state index in [0.29, 0.717) is 5.56 Å². The second-order valence-corrected chi connectivity index (χ2v) is 5.35. The molecule has 1 fully saturated rings. The maximum Gasteiger partial charge on any atom is 0.401 e. The van der Waals surface area contributed by atoms with Crippen molar-refractivity contribution in [1.82, 2.24) is 10.2 Å². The van der Waals surface area contributed by atoms with E-state index in [9.17, 15) is 23.1 Å². The van der Waals surface area contributed by atoms with E-state index < -0.39 is 30.8 Å². The Morgan fingerprint density at radius 3 is 2.74 bits per heavy atom. The van der Waals surface area contributed by atoms with Crippen LogP contribution in [0.3, 0.4) is 0 Å². The highest BCUT2D eigenvalue weighted by molar-refractivity contribution is 5.82. The number of carbonyl (C=O) groups is 1. The number of amides is 1. The van der Waals surface area contributed by atoms with Gasteiger partial charge in [0.15, 0.2) is 0 Å². The minimum atomic E-state index is -4.38. The van der Waals surface area contributed by atoms with E-state index in [4.69, 9.17) is 4.74 Å². The van der Waals surface area contributed by atoms with Gasteiger partial charge in [0.25, 0.3) is 0 Å². The molecule has 23 heavy (non-hydrogen) atoms. The first kappa shape index (κ1) is 17.7. The van der Waals surface area contributed by atoms with Crippen molar-refractivity contribution in [2.24, 2.45) is 0 Å². The summed E-state index contributed by atoms with van der Waals surface area (Å²) < 4.78 is 42.8. The number of hydrogen-bond donors (Lipinski definition) is 2. The number of nitrogens with zero attached hydrogens (tertiary/aromatic N) is 1. The van der Waals surface area contributed by atoms with Crippen molar-refractivity contribution in [2.45, 2.75) is 18.3 Å². The molecular formula is C15H19F3N2O3. The Labute approximate surface area is 132 Å². The van der Waals surface area contributed by atoms with Crippen LogP contribution in [0.25, 0.3) is 0 Å². The standard InChI is InChI=1S/C15H19F3N2O3/c16-15(17,18)10-20-6-7-23-9-12(20)14(22)19-8-13(21)11-4-2-1-3-5-11/h1-5,12-13,21H,6-10H2,(H,19,22)/t12-,13+/m1/s1.